The highest BCUT2D eigenvalue weighted by Gasteiger charge is 2.33. The van der Waals surface area contributed by atoms with Crippen LogP contribution in [0.5, 0.6) is 0 Å². The SMILES string of the molecule is CC(C)(C)OC(=O)N1CCN(CC(=O)Nc2ccc(F)cc2F)C(c2ccncc2)C1. The van der Waals surface area contributed by atoms with Crippen LogP contribution in [-0.2, 0) is 9.53 Å². The number of aromatic nitrogens is 1. The maximum atomic E-state index is 13.9. The van der Waals surface area contributed by atoms with Gasteiger partial charge in [0.25, 0.3) is 0 Å². The van der Waals surface area contributed by atoms with Gasteiger partial charge in [0.05, 0.1) is 18.3 Å². The third-order valence-electron chi connectivity index (χ3n) is 4.79. The maximum Gasteiger partial charge on any atom is 0.410 e. The van der Waals surface area contributed by atoms with E-state index in [1.54, 1.807) is 38.1 Å². The van der Waals surface area contributed by atoms with Crippen molar-refractivity contribution in [2.24, 2.45) is 0 Å². The number of carbonyl (C=O) groups excluding carboxylic acids is 2. The van der Waals surface area contributed by atoms with Gasteiger partial charge in [-0.25, -0.2) is 13.6 Å². The number of anilines is 1. The molecule has 1 aromatic heterocycles. The Morgan fingerprint density at radius 2 is 1.87 bits per heavy atom. The Kier molecular flexibility index (Phi) is 6.84. The number of ether oxygens (including phenoxy) is 1. The van der Waals surface area contributed by atoms with Crippen LogP contribution in [0.25, 0.3) is 0 Å². The van der Waals surface area contributed by atoms with Crippen LogP contribution in [0.3, 0.4) is 0 Å². The minimum atomic E-state index is -0.839. The fraction of sp³-hybridized carbons (Fsp3) is 0.409. The second-order valence-electron chi connectivity index (χ2n) is 8.37. The van der Waals surface area contributed by atoms with Crippen LogP contribution < -0.4 is 5.32 Å². The molecule has 1 aliphatic heterocycles. The van der Waals surface area contributed by atoms with Gasteiger partial charge in [-0.3, -0.25) is 14.7 Å². The van der Waals surface area contributed by atoms with Gasteiger partial charge < -0.3 is 15.0 Å². The molecule has 0 bridgehead atoms. The third kappa shape index (κ3) is 6.21. The molecule has 0 aliphatic carbocycles. The van der Waals surface area contributed by atoms with Crippen LogP contribution in [-0.4, -0.2) is 58.6 Å². The van der Waals surface area contributed by atoms with Crippen LogP contribution in [0.1, 0.15) is 32.4 Å². The Morgan fingerprint density at radius 1 is 1.16 bits per heavy atom. The van der Waals surface area contributed by atoms with Crippen molar-refractivity contribution in [2.45, 2.75) is 32.4 Å². The van der Waals surface area contributed by atoms with Crippen molar-refractivity contribution in [3.05, 3.63) is 59.9 Å². The molecule has 166 valence electrons. The fourth-order valence-electron chi connectivity index (χ4n) is 3.37. The molecule has 1 aliphatic rings. The van der Waals surface area contributed by atoms with Gasteiger partial charge >= 0.3 is 6.09 Å². The molecular weight excluding hydrogens is 406 g/mol. The smallest absolute Gasteiger partial charge is 0.410 e. The van der Waals surface area contributed by atoms with E-state index in [9.17, 15) is 18.4 Å². The molecule has 0 spiro atoms. The highest BCUT2D eigenvalue weighted by Crippen LogP contribution is 2.26. The van der Waals surface area contributed by atoms with E-state index in [0.717, 1.165) is 17.7 Å². The van der Waals surface area contributed by atoms with Crippen molar-refractivity contribution in [3.63, 3.8) is 0 Å². The molecule has 7 nitrogen and oxygen atoms in total. The lowest BCUT2D eigenvalue weighted by molar-refractivity contribution is -0.118. The number of pyridine rings is 1. The molecule has 1 unspecified atom stereocenters. The first-order valence-electron chi connectivity index (χ1n) is 9.99. The molecule has 0 saturated carbocycles. The number of piperazine rings is 1. The predicted octanol–water partition coefficient (Wildman–Crippen LogP) is 3.59. The Morgan fingerprint density at radius 3 is 2.52 bits per heavy atom. The highest BCUT2D eigenvalue weighted by atomic mass is 19.1. The zero-order valence-electron chi connectivity index (χ0n) is 17.8. The molecular formula is C22H26F2N4O3. The topological polar surface area (TPSA) is 74.8 Å². The van der Waals surface area contributed by atoms with Crippen molar-refractivity contribution >= 4 is 17.7 Å². The number of nitrogens with one attached hydrogen (secondary N) is 1. The summed E-state index contributed by atoms with van der Waals surface area (Å²) in [5, 5.41) is 2.48. The third-order valence-corrected chi connectivity index (χ3v) is 4.79. The normalized spacial score (nSPS) is 17.3. The van der Waals surface area contributed by atoms with Gasteiger partial charge in [0, 0.05) is 38.1 Å². The van der Waals surface area contributed by atoms with Gasteiger partial charge in [-0.15, -0.1) is 0 Å². The number of benzene rings is 1. The molecule has 2 heterocycles. The Labute approximate surface area is 180 Å². The summed E-state index contributed by atoms with van der Waals surface area (Å²) in [5.74, 6) is -1.99. The lowest BCUT2D eigenvalue weighted by Crippen LogP contribution is -2.53. The van der Waals surface area contributed by atoms with E-state index >= 15 is 0 Å². The van der Waals surface area contributed by atoms with Gasteiger partial charge in [0.1, 0.15) is 17.2 Å². The van der Waals surface area contributed by atoms with Crippen LogP contribution in [0.15, 0.2) is 42.7 Å². The average Bonchev–Trinajstić information content (AvgIpc) is 2.70. The molecule has 1 saturated heterocycles. The number of halogens is 2. The van der Waals surface area contributed by atoms with Crippen molar-refractivity contribution < 1.29 is 23.1 Å². The molecule has 0 radical (unpaired) electrons. The van der Waals surface area contributed by atoms with Gasteiger partial charge in [0.2, 0.25) is 5.91 Å². The number of nitrogens with zero attached hydrogens (tertiary/aromatic N) is 3. The maximum absolute atomic E-state index is 13.9. The van der Waals surface area contributed by atoms with Gasteiger partial charge in [0.15, 0.2) is 0 Å². The summed E-state index contributed by atoms with van der Waals surface area (Å²) >= 11 is 0. The minimum Gasteiger partial charge on any atom is -0.444 e. The van der Waals surface area contributed by atoms with E-state index in [2.05, 4.69) is 10.3 Å². The number of hydrogen-bond acceptors (Lipinski definition) is 5. The molecule has 2 amide bonds. The molecule has 1 fully saturated rings. The lowest BCUT2D eigenvalue weighted by Gasteiger charge is -2.41. The van der Waals surface area contributed by atoms with Crippen molar-refractivity contribution in [2.75, 3.05) is 31.5 Å². The quantitative estimate of drug-likeness (QED) is 0.799. The zero-order chi connectivity index (χ0) is 22.6. The molecule has 9 heteroatoms. The lowest BCUT2D eigenvalue weighted by atomic mass is 10.0. The summed E-state index contributed by atoms with van der Waals surface area (Å²) < 4.78 is 32.5. The molecule has 1 aromatic carbocycles. The number of rotatable bonds is 4. The molecule has 31 heavy (non-hydrogen) atoms. The van der Waals surface area contributed by atoms with E-state index in [1.165, 1.54) is 6.07 Å². The van der Waals surface area contributed by atoms with Crippen LogP contribution in [0, 0.1) is 11.6 Å². The van der Waals surface area contributed by atoms with Gasteiger partial charge in [-0.2, -0.15) is 0 Å². The van der Waals surface area contributed by atoms with E-state index in [0.29, 0.717) is 19.6 Å². The summed E-state index contributed by atoms with van der Waals surface area (Å²) in [6.07, 6.45) is 2.88. The summed E-state index contributed by atoms with van der Waals surface area (Å²) in [7, 11) is 0. The Balaban J connectivity index is 1.72. The van der Waals surface area contributed by atoms with Gasteiger partial charge in [-0.1, -0.05) is 0 Å². The van der Waals surface area contributed by atoms with Crippen LogP contribution in [0.4, 0.5) is 19.3 Å². The van der Waals surface area contributed by atoms with E-state index in [-0.39, 0.29) is 18.3 Å². The van der Waals surface area contributed by atoms with E-state index in [1.807, 2.05) is 17.0 Å². The predicted molar refractivity (Wildman–Crippen MR) is 111 cm³/mol. The first-order valence-corrected chi connectivity index (χ1v) is 9.99. The second-order valence-corrected chi connectivity index (χ2v) is 8.37. The summed E-state index contributed by atoms with van der Waals surface area (Å²) in [6.45, 7) is 6.53. The molecule has 3 rings (SSSR count). The summed E-state index contributed by atoms with van der Waals surface area (Å²) in [5.41, 5.74) is 0.197. The second kappa shape index (κ2) is 9.38. The zero-order valence-corrected chi connectivity index (χ0v) is 17.8. The number of amides is 2. The average molecular weight is 432 g/mol. The summed E-state index contributed by atoms with van der Waals surface area (Å²) in [4.78, 5) is 32.7. The van der Waals surface area contributed by atoms with Crippen molar-refractivity contribution in [1.82, 2.24) is 14.8 Å². The Bertz CT molecular complexity index is 934. The first kappa shape index (κ1) is 22.6. The molecule has 2 aromatic rings. The highest BCUT2D eigenvalue weighted by molar-refractivity contribution is 5.92. The van der Waals surface area contributed by atoms with E-state index in [4.69, 9.17) is 4.74 Å². The molecule has 1 N–H and O–H groups in total. The summed E-state index contributed by atoms with van der Waals surface area (Å²) in [6, 6.07) is 6.37. The largest absolute Gasteiger partial charge is 0.444 e. The Hall–Kier alpha value is -3.07. The minimum absolute atomic E-state index is 0.0219. The molecule has 1 atom stereocenters. The number of carbonyl (C=O) groups is 2. The first-order chi connectivity index (χ1) is 14.6. The van der Waals surface area contributed by atoms with Crippen molar-refractivity contribution in [1.29, 1.82) is 0 Å². The van der Waals surface area contributed by atoms with Crippen LogP contribution >= 0.6 is 0 Å². The number of hydrogen-bond donors (Lipinski definition) is 1. The van der Waals surface area contributed by atoms with Crippen molar-refractivity contribution in [3.8, 4) is 0 Å². The monoisotopic (exact) mass is 432 g/mol. The van der Waals surface area contributed by atoms with Crippen LogP contribution in [0.2, 0.25) is 0 Å². The standard InChI is InChI=1S/C22H26F2N4O3/c1-22(2,3)31-21(30)28-11-10-27(19(13-28)15-6-8-25-9-7-15)14-20(29)26-18-5-4-16(23)12-17(18)24/h4-9,12,19H,10-11,13-14H2,1-3H3,(H,26,29). The van der Waals surface area contributed by atoms with Gasteiger partial charge in [-0.05, 0) is 50.6 Å². The fourth-order valence-corrected chi connectivity index (χ4v) is 3.37. The van der Waals surface area contributed by atoms with E-state index < -0.39 is 29.2 Å².